The topological polar surface area (TPSA) is 74.3 Å². The van der Waals surface area contributed by atoms with Crippen molar-refractivity contribution in [2.75, 3.05) is 7.11 Å². The monoisotopic (exact) mass is 401 g/mol. The van der Waals surface area contributed by atoms with Crippen LogP contribution < -0.4 is 14.8 Å². The Morgan fingerprint density at radius 1 is 1.07 bits per heavy atom. The average Bonchev–Trinajstić information content (AvgIpc) is 3.47. The number of methoxy groups -OCH3 is 1. The molecule has 5 rings (SSSR count). The first kappa shape index (κ1) is 17.3. The van der Waals surface area contributed by atoms with Crippen LogP contribution in [0.3, 0.4) is 0 Å². The van der Waals surface area contributed by atoms with Crippen molar-refractivity contribution in [3.63, 3.8) is 0 Å². The highest BCUT2D eigenvalue weighted by Gasteiger charge is 2.13. The second-order valence-electron chi connectivity index (χ2n) is 6.31. The fourth-order valence-electron chi connectivity index (χ4n) is 3.10. The molecular formula is C21H15N5O2S. The number of ether oxygens (including phenoxy) is 1. The summed E-state index contributed by atoms with van der Waals surface area (Å²) in [4.78, 5) is 17.3. The summed E-state index contributed by atoms with van der Waals surface area (Å²) in [5.74, 6) is 0.772. The van der Waals surface area contributed by atoms with E-state index in [2.05, 4.69) is 10.1 Å². The number of aromatic nitrogens is 5. The van der Waals surface area contributed by atoms with Gasteiger partial charge in [0.15, 0.2) is 0 Å². The molecule has 0 N–H and O–H groups in total. The molecular weight excluding hydrogens is 386 g/mol. The molecule has 0 saturated heterocycles. The lowest BCUT2D eigenvalue weighted by atomic mass is 10.1. The maximum Gasteiger partial charge on any atom is 0.291 e. The van der Waals surface area contributed by atoms with Crippen molar-refractivity contribution >= 4 is 22.4 Å². The van der Waals surface area contributed by atoms with E-state index in [1.807, 2.05) is 71.6 Å². The Morgan fingerprint density at radius 3 is 2.59 bits per heavy atom. The van der Waals surface area contributed by atoms with E-state index in [9.17, 15) is 4.79 Å². The van der Waals surface area contributed by atoms with Crippen molar-refractivity contribution in [1.82, 2.24) is 24.4 Å². The van der Waals surface area contributed by atoms with Crippen LogP contribution in [0.15, 0.2) is 71.9 Å². The van der Waals surface area contributed by atoms with E-state index in [4.69, 9.17) is 9.84 Å². The lowest BCUT2D eigenvalue weighted by Gasteiger charge is -2.02. The van der Waals surface area contributed by atoms with Gasteiger partial charge in [0, 0.05) is 17.3 Å². The molecule has 0 aliphatic rings. The van der Waals surface area contributed by atoms with Gasteiger partial charge in [-0.15, -0.1) is 0 Å². The Kier molecular flexibility index (Phi) is 4.18. The van der Waals surface area contributed by atoms with Gasteiger partial charge in [0.25, 0.3) is 5.56 Å². The number of hydrogen-bond donors (Lipinski definition) is 0. The molecule has 7 nitrogen and oxygen atoms in total. The minimum Gasteiger partial charge on any atom is -0.497 e. The molecule has 2 aromatic carbocycles. The number of nitrogens with zero attached hydrogens (tertiary/aromatic N) is 5. The van der Waals surface area contributed by atoms with Crippen LogP contribution in [0, 0.1) is 0 Å². The summed E-state index contributed by atoms with van der Waals surface area (Å²) in [5.41, 5.74) is 3.29. The van der Waals surface area contributed by atoms with Gasteiger partial charge in [0.2, 0.25) is 4.96 Å². The Hall–Kier alpha value is -3.78. The van der Waals surface area contributed by atoms with Crippen LogP contribution in [0.4, 0.5) is 0 Å². The van der Waals surface area contributed by atoms with Crippen LogP contribution in [0.5, 0.6) is 5.75 Å². The Balaban J connectivity index is 1.71. The summed E-state index contributed by atoms with van der Waals surface area (Å²) in [7, 11) is 1.63. The average molecular weight is 401 g/mol. The number of hydrogen-bond acceptors (Lipinski definition) is 6. The van der Waals surface area contributed by atoms with Gasteiger partial charge in [0.05, 0.1) is 17.3 Å². The van der Waals surface area contributed by atoms with Crippen molar-refractivity contribution in [3.8, 4) is 22.7 Å². The molecule has 0 aliphatic carbocycles. The zero-order valence-corrected chi connectivity index (χ0v) is 16.2. The second kappa shape index (κ2) is 6.99. The van der Waals surface area contributed by atoms with E-state index >= 15 is 0 Å². The largest absolute Gasteiger partial charge is 0.497 e. The van der Waals surface area contributed by atoms with Gasteiger partial charge in [-0.3, -0.25) is 4.79 Å². The van der Waals surface area contributed by atoms with Gasteiger partial charge in [0.1, 0.15) is 17.8 Å². The number of fused-ring (bicyclic) bond motifs is 1. The SMILES string of the molecule is COc1ccc(-c2nn(-c3ccccc3)cc2C=c2sc3ncnn3c2=O)cc1. The van der Waals surface area contributed by atoms with Crippen LogP contribution in [0.1, 0.15) is 5.56 Å². The highest BCUT2D eigenvalue weighted by Crippen LogP contribution is 2.26. The first-order valence-corrected chi connectivity index (χ1v) is 9.68. The second-order valence-corrected chi connectivity index (χ2v) is 7.32. The molecule has 8 heteroatoms. The Labute approximate surface area is 169 Å². The van der Waals surface area contributed by atoms with E-state index in [1.54, 1.807) is 7.11 Å². The molecule has 0 fully saturated rings. The van der Waals surface area contributed by atoms with E-state index < -0.39 is 0 Å². The lowest BCUT2D eigenvalue weighted by Crippen LogP contribution is -2.23. The number of thiazole rings is 1. The standard InChI is InChI=1S/C21H15N5O2S/c1-28-17-9-7-14(8-10-17)19-15(12-25(24-19)16-5-3-2-4-6-16)11-18-20(27)26-21(29-18)22-13-23-26/h2-13H,1H3. The fraction of sp³-hybridized carbons (Fsp3) is 0.0476. The van der Waals surface area contributed by atoms with Gasteiger partial charge in [-0.1, -0.05) is 29.5 Å². The van der Waals surface area contributed by atoms with Crippen molar-refractivity contribution < 1.29 is 4.74 Å². The van der Waals surface area contributed by atoms with E-state index in [0.29, 0.717) is 9.49 Å². The molecule has 142 valence electrons. The molecule has 3 aromatic heterocycles. The molecule has 0 amide bonds. The summed E-state index contributed by atoms with van der Waals surface area (Å²) in [6.45, 7) is 0. The smallest absolute Gasteiger partial charge is 0.291 e. The normalized spacial score (nSPS) is 12.0. The molecule has 3 heterocycles. The van der Waals surface area contributed by atoms with E-state index in [-0.39, 0.29) is 5.56 Å². The van der Waals surface area contributed by atoms with Gasteiger partial charge in [-0.25, -0.2) is 9.67 Å². The summed E-state index contributed by atoms with van der Waals surface area (Å²) in [5, 5.41) is 8.76. The number of benzene rings is 2. The number of rotatable bonds is 4. The molecule has 0 radical (unpaired) electrons. The molecule has 0 atom stereocenters. The summed E-state index contributed by atoms with van der Waals surface area (Å²) in [6, 6.07) is 17.5. The highest BCUT2D eigenvalue weighted by atomic mass is 32.1. The molecule has 0 saturated carbocycles. The van der Waals surface area contributed by atoms with Crippen LogP contribution >= 0.6 is 11.3 Å². The van der Waals surface area contributed by atoms with E-state index in [0.717, 1.165) is 28.3 Å². The van der Waals surface area contributed by atoms with Crippen molar-refractivity contribution in [2.45, 2.75) is 0 Å². The van der Waals surface area contributed by atoms with Gasteiger partial charge in [-0.2, -0.15) is 14.7 Å². The fourth-order valence-corrected chi connectivity index (χ4v) is 3.97. The molecule has 5 aromatic rings. The third-order valence-electron chi connectivity index (χ3n) is 4.53. The Morgan fingerprint density at radius 2 is 1.86 bits per heavy atom. The van der Waals surface area contributed by atoms with Crippen molar-refractivity contribution in [3.05, 3.63) is 87.6 Å². The molecule has 0 aliphatic heterocycles. The van der Waals surface area contributed by atoms with Crippen LogP contribution in [-0.4, -0.2) is 31.5 Å². The third-order valence-corrected chi connectivity index (χ3v) is 5.51. The summed E-state index contributed by atoms with van der Waals surface area (Å²) < 4.78 is 8.94. The minimum atomic E-state index is -0.185. The lowest BCUT2D eigenvalue weighted by molar-refractivity contribution is 0.415. The summed E-state index contributed by atoms with van der Waals surface area (Å²) in [6.07, 6.45) is 5.15. The molecule has 0 spiro atoms. The van der Waals surface area contributed by atoms with Gasteiger partial charge >= 0.3 is 0 Å². The van der Waals surface area contributed by atoms with Crippen LogP contribution in [0.2, 0.25) is 0 Å². The van der Waals surface area contributed by atoms with E-state index in [1.165, 1.54) is 22.2 Å². The predicted molar refractivity (Wildman–Crippen MR) is 111 cm³/mol. The maximum atomic E-state index is 12.6. The first-order chi connectivity index (χ1) is 14.2. The number of para-hydroxylation sites is 1. The Bertz CT molecular complexity index is 1400. The van der Waals surface area contributed by atoms with Crippen molar-refractivity contribution in [1.29, 1.82) is 0 Å². The van der Waals surface area contributed by atoms with Gasteiger partial charge < -0.3 is 4.74 Å². The highest BCUT2D eigenvalue weighted by molar-refractivity contribution is 7.15. The molecule has 0 bridgehead atoms. The van der Waals surface area contributed by atoms with Crippen LogP contribution in [0.25, 0.3) is 28.0 Å². The maximum absolute atomic E-state index is 12.6. The zero-order valence-electron chi connectivity index (χ0n) is 15.4. The third kappa shape index (κ3) is 3.09. The first-order valence-electron chi connectivity index (χ1n) is 8.87. The molecule has 0 unspecified atom stereocenters. The van der Waals surface area contributed by atoms with Gasteiger partial charge in [-0.05, 0) is 42.5 Å². The minimum absolute atomic E-state index is 0.185. The van der Waals surface area contributed by atoms with Crippen LogP contribution in [-0.2, 0) is 0 Å². The zero-order chi connectivity index (χ0) is 19.8. The van der Waals surface area contributed by atoms with Crippen molar-refractivity contribution in [2.24, 2.45) is 0 Å². The quantitative estimate of drug-likeness (QED) is 0.463. The molecule has 29 heavy (non-hydrogen) atoms. The predicted octanol–water partition coefficient (Wildman–Crippen LogP) is 2.56. The summed E-state index contributed by atoms with van der Waals surface area (Å²) >= 11 is 1.30.